The number of amides is 1. The molecule has 2 aromatic carbocycles. The maximum absolute atomic E-state index is 11.9. The smallest absolute Gasteiger partial charge is 0.272 e. The number of ether oxygens (including phenoxy) is 1. The second-order valence-electron chi connectivity index (χ2n) is 4.31. The number of hydrogen-bond donors (Lipinski definition) is 2. The summed E-state index contributed by atoms with van der Waals surface area (Å²) in [6.07, 6.45) is 1.34. The van der Waals surface area contributed by atoms with Crippen LogP contribution < -0.4 is 10.2 Å². The average molecular weight is 319 g/mol. The van der Waals surface area contributed by atoms with Gasteiger partial charge in [-0.2, -0.15) is 5.10 Å². The Morgan fingerprint density at radius 2 is 2.09 bits per heavy atom. The quantitative estimate of drug-likeness (QED) is 0.657. The van der Waals surface area contributed by atoms with Crippen molar-refractivity contribution in [3.8, 4) is 11.5 Å². The molecule has 1 amide bonds. The molecule has 0 saturated heterocycles. The maximum Gasteiger partial charge on any atom is 0.272 e. The van der Waals surface area contributed by atoms with Crippen LogP contribution in [-0.4, -0.2) is 23.8 Å². The molecular formula is C16H15ClN2O3. The Hall–Kier alpha value is -2.53. The fourth-order valence-electron chi connectivity index (χ4n) is 1.78. The lowest BCUT2D eigenvalue weighted by Crippen LogP contribution is -2.17. The zero-order valence-corrected chi connectivity index (χ0v) is 12.7. The van der Waals surface area contributed by atoms with Crippen molar-refractivity contribution in [3.05, 3.63) is 58.6 Å². The van der Waals surface area contributed by atoms with E-state index >= 15 is 0 Å². The van der Waals surface area contributed by atoms with Crippen LogP contribution in [-0.2, 0) is 0 Å². The van der Waals surface area contributed by atoms with Crippen LogP contribution in [0.15, 0.2) is 47.6 Å². The number of halogens is 1. The minimum atomic E-state index is -0.428. The van der Waals surface area contributed by atoms with E-state index in [0.29, 0.717) is 28.5 Å². The zero-order chi connectivity index (χ0) is 15.9. The van der Waals surface area contributed by atoms with E-state index in [2.05, 4.69) is 10.5 Å². The molecule has 6 heteroatoms. The Bertz CT molecular complexity index is 702. The minimum absolute atomic E-state index is 0.0277. The number of nitrogens with one attached hydrogen (secondary N) is 1. The van der Waals surface area contributed by atoms with Crippen molar-refractivity contribution in [2.45, 2.75) is 6.92 Å². The van der Waals surface area contributed by atoms with Crippen LogP contribution >= 0.6 is 11.6 Å². The molecule has 0 fully saturated rings. The lowest BCUT2D eigenvalue weighted by molar-refractivity contribution is 0.0955. The van der Waals surface area contributed by atoms with Crippen molar-refractivity contribution in [1.29, 1.82) is 0 Å². The average Bonchev–Trinajstić information content (AvgIpc) is 2.51. The number of para-hydroxylation sites is 1. The molecule has 0 heterocycles. The third-order valence-corrected chi connectivity index (χ3v) is 3.15. The highest BCUT2D eigenvalue weighted by molar-refractivity contribution is 6.33. The molecule has 0 atom stereocenters. The fourth-order valence-corrected chi connectivity index (χ4v) is 2.00. The molecule has 0 aliphatic rings. The van der Waals surface area contributed by atoms with E-state index in [1.165, 1.54) is 6.21 Å². The van der Waals surface area contributed by atoms with Crippen LogP contribution in [0.3, 0.4) is 0 Å². The van der Waals surface area contributed by atoms with Crippen LogP contribution in [0.5, 0.6) is 11.5 Å². The van der Waals surface area contributed by atoms with Crippen molar-refractivity contribution in [3.63, 3.8) is 0 Å². The first-order valence-electron chi connectivity index (χ1n) is 6.66. The summed E-state index contributed by atoms with van der Waals surface area (Å²) >= 11 is 5.93. The summed E-state index contributed by atoms with van der Waals surface area (Å²) in [5, 5.41) is 14.2. The van der Waals surface area contributed by atoms with Gasteiger partial charge in [0.15, 0.2) is 11.5 Å². The molecule has 114 valence electrons. The molecule has 0 unspecified atom stereocenters. The predicted molar refractivity (Wildman–Crippen MR) is 85.8 cm³/mol. The number of carbonyl (C=O) groups excluding carboxylic acids is 1. The van der Waals surface area contributed by atoms with Gasteiger partial charge in [-0.25, -0.2) is 5.43 Å². The maximum atomic E-state index is 11.9. The van der Waals surface area contributed by atoms with Gasteiger partial charge in [0.1, 0.15) is 0 Å². The summed E-state index contributed by atoms with van der Waals surface area (Å²) in [4.78, 5) is 11.9. The number of benzene rings is 2. The summed E-state index contributed by atoms with van der Waals surface area (Å²) in [6.45, 7) is 2.27. The van der Waals surface area contributed by atoms with Gasteiger partial charge in [-0.05, 0) is 31.2 Å². The number of phenols is 1. The number of hydrazone groups is 1. The molecule has 0 spiro atoms. The van der Waals surface area contributed by atoms with E-state index in [0.717, 1.165) is 0 Å². The van der Waals surface area contributed by atoms with Crippen LogP contribution in [0, 0.1) is 0 Å². The van der Waals surface area contributed by atoms with Gasteiger partial charge in [0.2, 0.25) is 0 Å². The molecule has 0 aliphatic heterocycles. The number of nitrogens with zero attached hydrogens (tertiary/aromatic N) is 1. The van der Waals surface area contributed by atoms with Crippen molar-refractivity contribution < 1.29 is 14.6 Å². The molecule has 0 bridgehead atoms. The molecule has 2 N–H and O–H groups in total. The Balaban J connectivity index is 2.09. The first-order chi connectivity index (χ1) is 10.6. The van der Waals surface area contributed by atoms with E-state index in [-0.39, 0.29) is 5.75 Å². The van der Waals surface area contributed by atoms with Gasteiger partial charge >= 0.3 is 0 Å². The number of carbonyl (C=O) groups is 1. The van der Waals surface area contributed by atoms with Crippen LogP contribution in [0.25, 0.3) is 0 Å². The molecule has 0 aromatic heterocycles. The van der Waals surface area contributed by atoms with Crippen LogP contribution in [0.2, 0.25) is 5.02 Å². The number of rotatable bonds is 5. The SMILES string of the molecule is CCOc1cccc(/C=N/NC(=O)c2ccccc2Cl)c1O. The van der Waals surface area contributed by atoms with Crippen molar-refractivity contribution >= 4 is 23.7 Å². The number of aromatic hydroxyl groups is 1. The standard InChI is InChI=1S/C16H15ClN2O3/c1-2-22-14-9-5-6-11(15(14)20)10-18-19-16(21)12-7-3-4-8-13(12)17/h3-10,20H,2H2,1H3,(H,19,21)/b18-10+. The van der Waals surface area contributed by atoms with E-state index < -0.39 is 5.91 Å². The van der Waals surface area contributed by atoms with Gasteiger partial charge in [0.05, 0.1) is 23.4 Å². The van der Waals surface area contributed by atoms with E-state index in [4.69, 9.17) is 16.3 Å². The summed E-state index contributed by atoms with van der Waals surface area (Å²) in [5.74, 6) is -0.0914. The summed E-state index contributed by atoms with van der Waals surface area (Å²) in [7, 11) is 0. The molecule has 22 heavy (non-hydrogen) atoms. The molecule has 0 saturated carbocycles. The molecule has 0 aliphatic carbocycles. The second kappa shape index (κ2) is 7.47. The molecule has 5 nitrogen and oxygen atoms in total. The van der Waals surface area contributed by atoms with Crippen molar-refractivity contribution in [2.24, 2.45) is 5.10 Å². The molecule has 2 aromatic rings. The van der Waals surface area contributed by atoms with Gasteiger partial charge in [-0.1, -0.05) is 29.8 Å². The van der Waals surface area contributed by atoms with Gasteiger partial charge in [0, 0.05) is 5.56 Å². The predicted octanol–water partition coefficient (Wildman–Crippen LogP) is 3.21. The minimum Gasteiger partial charge on any atom is -0.504 e. The number of phenolic OH excluding ortho intramolecular Hbond substituents is 1. The highest BCUT2D eigenvalue weighted by Crippen LogP contribution is 2.28. The topological polar surface area (TPSA) is 70.9 Å². The van der Waals surface area contributed by atoms with Gasteiger partial charge in [0.25, 0.3) is 5.91 Å². The van der Waals surface area contributed by atoms with E-state index in [9.17, 15) is 9.90 Å². The van der Waals surface area contributed by atoms with Crippen molar-refractivity contribution in [1.82, 2.24) is 5.43 Å². The monoisotopic (exact) mass is 318 g/mol. The molecule has 0 radical (unpaired) electrons. The number of hydrogen-bond acceptors (Lipinski definition) is 4. The van der Waals surface area contributed by atoms with Gasteiger partial charge in [-0.15, -0.1) is 0 Å². The van der Waals surface area contributed by atoms with E-state index in [1.54, 1.807) is 42.5 Å². The van der Waals surface area contributed by atoms with Crippen LogP contribution in [0.4, 0.5) is 0 Å². The summed E-state index contributed by atoms with van der Waals surface area (Å²) < 4.78 is 5.27. The summed E-state index contributed by atoms with van der Waals surface area (Å²) in [6, 6.07) is 11.7. The highest BCUT2D eigenvalue weighted by atomic mass is 35.5. The normalized spacial score (nSPS) is 10.6. The Morgan fingerprint density at radius 1 is 1.32 bits per heavy atom. The Morgan fingerprint density at radius 3 is 2.82 bits per heavy atom. The van der Waals surface area contributed by atoms with Gasteiger partial charge in [-0.3, -0.25) is 4.79 Å². The largest absolute Gasteiger partial charge is 0.504 e. The second-order valence-corrected chi connectivity index (χ2v) is 4.71. The summed E-state index contributed by atoms with van der Waals surface area (Å²) in [5.41, 5.74) is 3.12. The van der Waals surface area contributed by atoms with Crippen molar-refractivity contribution in [2.75, 3.05) is 6.61 Å². The molecular weight excluding hydrogens is 304 g/mol. The third-order valence-electron chi connectivity index (χ3n) is 2.82. The first-order valence-corrected chi connectivity index (χ1v) is 7.04. The Labute approximate surface area is 133 Å². The molecule has 2 rings (SSSR count). The van der Waals surface area contributed by atoms with E-state index in [1.807, 2.05) is 6.92 Å². The lowest BCUT2D eigenvalue weighted by atomic mass is 10.2. The Kier molecular flexibility index (Phi) is 5.38. The third kappa shape index (κ3) is 3.77. The van der Waals surface area contributed by atoms with Gasteiger partial charge < -0.3 is 9.84 Å². The lowest BCUT2D eigenvalue weighted by Gasteiger charge is -2.07. The fraction of sp³-hybridized carbons (Fsp3) is 0.125. The highest BCUT2D eigenvalue weighted by Gasteiger charge is 2.09. The first kappa shape index (κ1) is 15.9. The zero-order valence-electron chi connectivity index (χ0n) is 11.9. The van der Waals surface area contributed by atoms with Crippen LogP contribution in [0.1, 0.15) is 22.8 Å².